The van der Waals surface area contributed by atoms with E-state index in [-0.39, 0.29) is 31.1 Å². The minimum Gasteiger partial charge on any atom is -0.462 e. The molecule has 1 unspecified atom stereocenters. The van der Waals surface area contributed by atoms with Crippen LogP contribution in [0.2, 0.25) is 0 Å². The smallest absolute Gasteiger partial charge is 0.306 e. The third-order valence-electron chi connectivity index (χ3n) is 13.7. The molecule has 1 atom stereocenters. The van der Waals surface area contributed by atoms with Crippen LogP contribution in [0.25, 0.3) is 0 Å². The van der Waals surface area contributed by atoms with Crippen molar-refractivity contribution in [3.05, 3.63) is 60.8 Å². The number of carbonyl (C=O) groups is 3. The van der Waals surface area contributed by atoms with Gasteiger partial charge in [-0.1, -0.05) is 255 Å². The molecule has 0 radical (unpaired) electrons. The van der Waals surface area contributed by atoms with E-state index in [0.717, 1.165) is 83.5 Å². The molecule has 0 spiro atoms. The Morgan fingerprint density at radius 1 is 0.278 bits per heavy atom. The van der Waals surface area contributed by atoms with Gasteiger partial charge in [-0.3, -0.25) is 14.4 Å². The second-order valence-corrected chi connectivity index (χ2v) is 21.0. The van der Waals surface area contributed by atoms with Crippen molar-refractivity contribution in [2.24, 2.45) is 0 Å². The first kappa shape index (κ1) is 69.1. The molecule has 0 aliphatic rings. The molecule has 0 heterocycles. The van der Waals surface area contributed by atoms with Gasteiger partial charge in [0.1, 0.15) is 13.2 Å². The molecule has 0 aromatic carbocycles. The maximum atomic E-state index is 12.9. The first-order valence-corrected chi connectivity index (χ1v) is 31.3. The molecule has 0 fully saturated rings. The van der Waals surface area contributed by atoms with E-state index in [1.54, 1.807) is 0 Å². The van der Waals surface area contributed by atoms with Gasteiger partial charge in [-0.05, 0) is 109 Å². The predicted molar refractivity (Wildman–Crippen MR) is 312 cm³/mol. The zero-order valence-corrected chi connectivity index (χ0v) is 47.9. The van der Waals surface area contributed by atoms with Crippen LogP contribution in [0.3, 0.4) is 0 Å². The van der Waals surface area contributed by atoms with Crippen molar-refractivity contribution in [1.29, 1.82) is 0 Å². The van der Waals surface area contributed by atoms with Crippen LogP contribution < -0.4 is 0 Å². The normalized spacial score (nSPS) is 12.4. The third-order valence-corrected chi connectivity index (χ3v) is 13.7. The van der Waals surface area contributed by atoms with Gasteiger partial charge in [-0.25, -0.2) is 0 Å². The van der Waals surface area contributed by atoms with Gasteiger partial charge in [-0.15, -0.1) is 0 Å². The lowest BCUT2D eigenvalue weighted by Gasteiger charge is -2.18. The summed E-state index contributed by atoms with van der Waals surface area (Å²) >= 11 is 0. The molecule has 0 saturated heterocycles. The van der Waals surface area contributed by atoms with Gasteiger partial charge in [0.25, 0.3) is 0 Å². The van der Waals surface area contributed by atoms with Gasteiger partial charge in [0, 0.05) is 19.3 Å². The first-order chi connectivity index (χ1) is 35.5. The van der Waals surface area contributed by atoms with Crippen LogP contribution in [-0.4, -0.2) is 37.2 Å². The number of hydrogen-bond acceptors (Lipinski definition) is 6. The quantitative estimate of drug-likeness (QED) is 0.0261. The number of carbonyl (C=O) groups excluding carboxylic acids is 3. The second-order valence-electron chi connectivity index (χ2n) is 21.0. The fourth-order valence-electron chi connectivity index (χ4n) is 8.97. The molecule has 0 amide bonds. The molecule has 6 nitrogen and oxygen atoms in total. The molecule has 0 aliphatic carbocycles. The standard InChI is InChI=1S/C66H118O6/c1-4-7-10-13-16-19-22-25-28-31-33-35-38-41-44-47-50-53-56-59-65(68)71-62-63(61-70-64(67)58-55-52-49-46-43-40-37-30-27-24-21-18-15-12-9-6-3)72-66(69)60-57-54-51-48-45-42-39-36-34-32-29-26-23-20-17-14-11-8-5-2/h16,19,25-26,28-30,33,35,37,63H,4-15,17-18,20-24,27,31-32,34,36,38-62H2,1-3H3/b19-16-,28-25-,29-26-,35-33-,37-30-. The van der Waals surface area contributed by atoms with Crippen LogP contribution in [-0.2, 0) is 28.6 Å². The minimum atomic E-state index is -0.785. The van der Waals surface area contributed by atoms with Gasteiger partial charge < -0.3 is 14.2 Å². The van der Waals surface area contributed by atoms with Crippen LogP contribution >= 0.6 is 0 Å². The fourth-order valence-corrected chi connectivity index (χ4v) is 8.97. The average molecular weight is 1010 g/mol. The van der Waals surface area contributed by atoms with Crippen LogP contribution in [0, 0.1) is 0 Å². The molecule has 0 aromatic rings. The summed E-state index contributed by atoms with van der Waals surface area (Å²) in [4.78, 5) is 38.3. The summed E-state index contributed by atoms with van der Waals surface area (Å²) < 4.78 is 16.9. The highest BCUT2D eigenvalue weighted by Crippen LogP contribution is 2.16. The minimum absolute atomic E-state index is 0.0821. The zero-order valence-electron chi connectivity index (χ0n) is 47.9. The zero-order chi connectivity index (χ0) is 52.2. The number of esters is 3. The highest BCUT2D eigenvalue weighted by molar-refractivity contribution is 5.71. The first-order valence-electron chi connectivity index (χ1n) is 31.3. The van der Waals surface area contributed by atoms with Crippen molar-refractivity contribution in [2.75, 3.05) is 13.2 Å². The summed E-state index contributed by atoms with van der Waals surface area (Å²) in [6, 6.07) is 0. The lowest BCUT2D eigenvalue weighted by Crippen LogP contribution is -2.30. The molecule has 0 rings (SSSR count). The largest absolute Gasteiger partial charge is 0.462 e. The van der Waals surface area contributed by atoms with E-state index in [9.17, 15) is 14.4 Å². The lowest BCUT2D eigenvalue weighted by atomic mass is 10.1. The molecule has 0 bridgehead atoms. The number of ether oxygens (including phenoxy) is 3. The van der Waals surface area contributed by atoms with Gasteiger partial charge >= 0.3 is 17.9 Å². The Labute approximate surface area is 447 Å². The average Bonchev–Trinajstić information content (AvgIpc) is 3.38. The van der Waals surface area contributed by atoms with E-state index < -0.39 is 6.10 Å². The molecule has 6 heteroatoms. The molecule has 72 heavy (non-hydrogen) atoms. The molecule has 0 saturated carbocycles. The summed E-state index contributed by atoms with van der Waals surface area (Å²) in [6.07, 6.45) is 76.4. The van der Waals surface area contributed by atoms with E-state index in [1.165, 1.54) is 199 Å². The van der Waals surface area contributed by atoms with Crippen LogP contribution in [0.4, 0.5) is 0 Å². The summed E-state index contributed by atoms with van der Waals surface area (Å²) in [5.74, 6) is -0.889. The lowest BCUT2D eigenvalue weighted by molar-refractivity contribution is -0.167. The predicted octanol–water partition coefficient (Wildman–Crippen LogP) is 21.2. The Balaban J connectivity index is 4.40. The summed E-state index contributed by atoms with van der Waals surface area (Å²) in [5.41, 5.74) is 0. The monoisotopic (exact) mass is 1010 g/mol. The Hall–Kier alpha value is -2.89. The van der Waals surface area contributed by atoms with Crippen molar-refractivity contribution < 1.29 is 28.6 Å². The molecule has 0 aromatic heterocycles. The van der Waals surface area contributed by atoms with Gasteiger partial charge in [0.2, 0.25) is 0 Å². The van der Waals surface area contributed by atoms with E-state index in [2.05, 4.69) is 81.5 Å². The fraction of sp³-hybridized carbons (Fsp3) is 0.803. The molecular formula is C66H118O6. The van der Waals surface area contributed by atoms with Gasteiger partial charge in [0.15, 0.2) is 6.10 Å². The topological polar surface area (TPSA) is 78.9 Å². The Kier molecular flexibility index (Phi) is 58.2. The third kappa shape index (κ3) is 58.0. The molecular weight excluding hydrogens is 889 g/mol. The Morgan fingerprint density at radius 3 is 0.819 bits per heavy atom. The van der Waals surface area contributed by atoms with Crippen LogP contribution in [0.15, 0.2) is 60.8 Å². The van der Waals surface area contributed by atoms with Crippen LogP contribution in [0.1, 0.15) is 323 Å². The van der Waals surface area contributed by atoms with Crippen molar-refractivity contribution in [2.45, 2.75) is 329 Å². The van der Waals surface area contributed by atoms with Crippen LogP contribution in [0.5, 0.6) is 0 Å². The van der Waals surface area contributed by atoms with E-state index in [1.807, 2.05) is 0 Å². The molecule has 0 aliphatic heterocycles. The highest BCUT2D eigenvalue weighted by atomic mass is 16.6. The van der Waals surface area contributed by atoms with Crippen molar-refractivity contribution in [3.63, 3.8) is 0 Å². The summed E-state index contributed by atoms with van der Waals surface area (Å²) in [7, 11) is 0. The highest BCUT2D eigenvalue weighted by Gasteiger charge is 2.19. The number of hydrogen-bond donors (Lipinski definition) is 0. The Bertz CT molecular complexity index is 1290. The summed E-state index contributed by atoms with van der Waals surface area (Å²) in [5, 5.41) is 0. The van der Waals surface area contributed by atoms with Crippen molar-refractivity contribution >= 4 is 17.9 Å². The summed E-state index contributed by atoms with van der Waals surface area (Å²) in [6.45, 7) is 6.62. The number of allylic oxidation sites excluding steroid dienone is 10. The maximum Gasteiger partial charge on any atom is 0.306 e. The van der Waals surface area contributed by atoms with Gasteiger partial charge in [0.05, 0.1) is 0 Å². The second kappa shape index (κ2) is 60.7. The molecule has 0 N–H and O–H groups in total. The molecule has 418 valence electrons. The Morgan fingerprint density at radius 2 is 0.500 bits per heavy atom. The van der Waals surface area contributed by atoms with E-state index >= 15 is 0 Å². The number of unbranched alkanes of at least 4 members (excludes halogenated alkanes) is 36. The SMILES string of the molecule is CCCCC/C=C\C/C=C\C/C=C\CCCCCCCCC(=O)OCC(COC(=O)CCCCCCC/C=C\CCCCCCCCC)OC(=O)CCCCCCCCCCC/C=C\CCCCCCCC. The number of rotatable bonds is 57. The van der Waals surface area contributed by atoms with Crippen molar-refractivity contribution in [3.8, 4) is 0 Å². The van der Waals surface area contributed by atoms with E-state index in [4.69, 9.17) is 14.2 Å². The van der Waals surface area contributed by atoms with Crippen molar-refractivity contribution in [1.82, 2.24) is 0 Å². The van der Waals surface area contributed by atoms with Gasteiger partial charge in [-0.2, -0.15) is 0 Å². The van der Waals surface area contributed by atoms with E-state index in [0.29, 0.717) is 19.3 Å². The maximum absolute atomic E-state index is 12.9.